The van der Waals surface area contributed by atoms with Gasteiger partial charge in [0.15, 0.2) is 23.2 Å². The van der Waals surface area contributed by atoms with Gasteiger partial charge in [0, 0.05) is 24.3 Å². The second-order valence-electron chi connectivity index (χ2n) is 9.38. The van der Waals surface area contributed by atoms with Crippen molar-refractivity contribution in [2.45, 2.75) is 43.7 Å². The first kappa shape index (κ1) is 27.5. The zero-order valence-electron chi connectivity index (χ0n) is 22.7. The van der Waals surface area contributed by atoms with E-state index in [1.165, 1.54) is 24.4 Å². The molecule has 2 aromatic carbocycles. The van der Waals surface area contributed by atoms with E-state index in [1.807, 2.05) is 45.0 Å². The molecule has 38 heavy (non-hydrogen) atoms. The number of methoxy groups -OCH3 is 3. The van der Waals surface area contributed by atoms with Crippen LogP contribution in [0.15, 0.2) is 46.5 Å². The van der Waals surface area contributed by atoms with Gasteiger partial charge in [0.25, 0.3) is 0 Å². The second-order valence-corrected chi connectivity index (χ2v) is 11.1. The molecule has 2 aromatic rings. The molecule has 2 aliphatic heterocycles. The van der Waals surface area contributed by atoms with E-state index in [4.69, 9.17) is 19.2 Å². The number of aryl methyl sites for hydroxylation is 1. The van der Waals surface area contributed by atoms with E-state index in [1.54, 1.807) is 14.2 Å². The Kier molecular flexibility index (Phi) is 8.30. The maximum absolute atomic E-state index is 12.3. The standard InChI is InChI=1S/C28H34N4O5S/c1-7-29-26(20-11-13-22(35-4)23(16-20)36-5)31-14-8-9-18-15-19(10-12-21(18)31)25-28(2,3)38-24(17-33)32(30-25)27(34)37-6/h10-13,15-17,24H,7-9,14H2,1-6H3. The van der Waals surface area contributed by atoms with Crippen LogP contribution < -0.4 is 14.4 Å². The number of rotatable bonds is 6. The van der Waals surface area contributed by atoms with Crippen LogP contribution in [-0.2, 0) is 16.0 Å². The van der Waals surface area contributed by atoms with E-state index in [-0.39, 0.29) is 0 Å². The smallest absolute Gasteiger partial charge is 0.431 e. The number of hydrogen-bond donors (Lipinski definition) is 0. The summed E-state index contributed by atoms with van der Waals surface area (Å²) in [7, 11) is 4.53. The summed E-state index contributed by atoms with van der Waals surface area (Å²) in [4.78, 5) is 31.1. The van der Waals surface area contributed by atoms with Crippen LogP contribution in [0, 0.1) is 0 Å². The Morgan fingerprint density at radius 3 is 2.58 bits per heavy atom. The molecule has 0 radical (unpaired) electrons. The summed E-state index contributed by atoms with van der Waals surface area (Å²) in [6, 6.07) is 12.1. The van der Waals surface area contributed by atoms with Gasteiger partial charge in [-0.05, 0) is 75.1 Å². The number of hydrazone groups is 1. The lowest BCUT2D eigenvalue weighted by Gasteiger charge is -2.38. The van der Waals surface area contributed by atoms with Gasteiger partial charge in [-0.25, -0.2) is 4.79 Å². The molecule has 0 bridgehead atoms. The fourth-order valence-electron chi connectivity index (χ4n) is 4.84. The number of fused-ring (bicyclic) bond motifs is 1. The number of thioether (sulfide) groups is 1. The van der Waals surface area contributed by atoms with E-state index in [0.29, 0.717) is 23.8 Å². The lowest BCUT2D eigenvalue weighted by Crippen LogP contribution is -2.47. The summed E-state index contributed by atoms with van der Waals surface area (Å²) in [5.74, 6) is 2.20. The minimum atomic E-state index is -0.747. The Hall–Kier alpha value is -3.53. The van der Waals surface area contributed by atoms with Crippen LogP contribution in [0.2, 0.25) is 0 Å². The molecule has 10 heteroatoms. The molecule has 0 fully saturated rings. The number of aliphatic imine (C=N–C) groups is 1. The van der Waals surface area contributed by atoms with Gasteiger partial charge >= 0.3 is 6.09 Å². The van der Waals surface area contributed by atoms with Crippen molar-refractivity contribution < 1.29 is 23.8 Å². The molecule has 0 aromatic heterocycles. The average molecular weight is 539 g/mol. The zero-order chi connectivity index (χ0) is 27.4. The van der Waals surface area contributed by atoms with E-state index in [2.05, 4.69) is 22.1 Å². The van der Waals surface area contributed by atoms with Crippen molar-refractivity contribution in [3.63, 3.8) is 0 Å². The number of aldehydes is 1. The third-order valence-corrected chi connectivity index (χ3v) is 7.92. The van der Waals surface area contributed by atoms with Crippen molar-refractivity contribution in [2.24, 2.45) is 10.1 Å². The normalized spacial score (nSPS) is 18.8. The molecule has 4 rings (SSSR count). The van der Waals surface area contributed by atoms with Crippen LogP contribution in [-0.4, -0.2) is 73.5 Å². The molecule has 9 nitrogen and oxygen atoms in total. The van der Waals surface area contributed by atoms with Crippen molar-refractivity contribution in [2.75, 3.05) is 39.3 Å². The summed E-state index contributed by atoms with van der Waals surface area (Å²) >= 11 is 1.37. The maximum Gasteiger partial charge on any atom is 0.431 e. The third-order valence-electron chi connectivity index (χ3n) is 6.59. The molecule has 0 spiro atoms. The second kappa shape index (κ2) is 11.5. The molecule has 1 unspecified atom stereocenters. The molecule has 0 aliphatic carbocycles. The lowest BCUT2D eigenvalue weighted by molar-refractivity contribution is -0.109. The predicted octanol–water partition coefficient (Wildman–Crippen LogP) is 4.75. The zero-order valence-corrected chi connectivity index (χ0v) is 23.5. The molecule has 202 valence electrons. The summed E-state index contributed by atoms with van der Waals surface area (Å²) in [6.07, 6.45) is 1.92. The highest BCUT2D eigenvalue weighted by Gasteiger charge is 2.41. The van der Waals surface area contributed by atoms with Crippen molar-refractivity contribution in [1.82, 2.24) is 5.01 Å². The van der Waals surface area contributed by atoms with Crippen LogP contribution in [0.25, 0.3) is 0 Å². The van der Waals surface area contributed by atoms with Crippen LogP contribution >= 0.6 is 11.8 Å². The summed E-state index contributed by atoms with van der Waals surface area (Å²) in [5.41, 5.74) is 4.82. The predicted molar refractivity (Wildman–Crippen MR) is 151 cm³/mol. The van der Waals surface area contributed by atoms with E-state index < -0.39 is 16.2 Å². The van der Waals surface area contributed by atoms with Gasteiger partial charge in [0.2, 0.25) is 0 Å². The topological polar surface area (TPSA) is 93.0 Å². The molecule has 1 amide bonds. The highest BCUT2D eigenvalue weighted by molar-refractivity contribution is 8.02. The Bertz CT molecular complexity index is 1280. The van der Waals surface area contributed by atoms with Gasteiger partial charge in [-0.15, -0.1) is 11.8 Å². The number of amidine groups is 1. The first-order valence-electron chi connectivity index (χ1n) is 12.5. The number of hydrogen-bond acceptors (Lipinski definition) is 8. The summed E-state index contributed by atoms with van der Waals surface area (Å²) in [5, 5.41) is 4.98. The van der Waals surface area contributed by atoms with E-state index in [0.717, 1.165) is 53.3 Å². The molecule has 1 atom stereocenters. The number of benzene rings is 2. The number of nitrogens with zero attached hydrogens (tertiary/aromatic N) is 4. The third kappa shape index (κ3) is 5.22. The van der Waals surface area contributed by atoms with Gasteiger partial charge in [-0.1, -0.05) is 6.07 Å². The summed E-state index contributed by atoms with van der Waals surface area (Å²) in [6.45, 7) is 7.51. The number of carbonyl (C=O) groups is 2. The van der Waals surface area contributed by atoms with Crippen LogP contribution in [0.5, 0.6) is 11.5 Å². The number of amides is 1. The molecule has 2 aliphatic rings. The Labute approximate surface area is 227 Å². The molecule has 2 heterocycles. The molecule has 0 saturated heterocycles. The maximum atomic E-state index is 12.3. The van der Waals surface area contributed by atoms with Crippen LogP contribution in [0.3, 0.4) is 0 Å². The first-order valence-corrected chi connectivity index (χ1v) is 13.4. The van der Waals surface area contributed by atoms with Crippen LogP contribution in [0.1, 0.15) is 43.9 Å². The number of carbonyl (C=O) groups excluding carboxylic acids is 2. The fourth-order valence-corrected chi connectivity index (χ4v) is 6.01. The van der Waals surface area contributed by atoms with Crippen molar-refractivity contribution >= 4 is 41.4 Å². The minimum Gasteiger partial charge on any atom is -0.493 e. The molecular formula is C28H34N4O5S. The monoisotopic (exact) mass is 538 g/mol. The highest BCUT2D eigenvalue weighted by atomic mass is 32.2. The van der Waals surface area contributed by atoms with Crippen molar-refractivity contribution in [3.05, 3.63) is 53.1 Å². The number of anilines is 1. The van der Waals surface area contributed by atoms with Gasteiger partial charge < -0.3 is 19.1 Å². The lowest BCUT2D eigenvalue weighted by atomic mass is 9.93. The quantitative estimate of drug-likeness (QED) is 0.298. The Morgan fingerprint density at radius 1 is 1.16 bits per heavy atom. The van der Waals surface area contributed by atoms with Crippen molar-refractivity contribution in [3.8, 4) is 11.5 Å². The fraction of sp³-hybridized carbons (Fsp3) is 0.429. The van der Waals surface area contributed by atoms with Crippen LogP contribution in [0.4, 0.5) is 10.5 Å². The minimum absolute atomic E-state index is 0.493. The highest BCUT2D eigenvalue weighted by Crippen LogP contribution is 2.40. The average Bonchev–Trinajstić information content (AvgIpc) is 2.93. The largest absolute Gasteiger partial charge is 0.493 e. The molecule has 0 saturated carbocycles. The Morgan fingerprint density at radius 2 is 1.92 bits per heavy atom. The van der Waals surface area contributed by atoms with E-state index >= 15 is 0 Å². The Balaban J connectivity index is 1.75. The van der Waals surface area contributed by atoms with Crippen molar-refractivity contribution in [1.29, 1.82) is 0 Å². The first-order chi connectivity index (χ1) is 18.3. The van der Waals surface area contributed by atoms with Gasteiger partial charge in [0.1, 0.15) is 5.84 Å². The summed E-state index contributed by atoms with van der Waals surface area (Å²) < 4.78 is 15.3. The molecular weight excluding hydrogens is 504 g/mol. The van der Waals surface area contributed by atoms with Gasteiger partial charge in [-0.2, -0.15) is 10.1 Å². The molecule has 0 N–H and O–H groups in total. The van der Waals surface area contributed by atoms with Gasteiger partial charge in [-0.3, -0.25) is 9.79 Å². The van der Waals surface area contributed by atoms with E-state index in [9.17, 15) is 9.59 Å². The van der Waals surface area contributed by atoms with Gasteiger partial charge in [0.05, 0.1) is 31.8 Å². The SMILES string of the molecule is CCN=C(c1ccc(OC)c(OC)c1)N1CCCc2cc(C3=NN(C(=O)OC)C(C=O)SC3(C)C)ccc21. The number of ether oxygens (including phenoxy) is 3.